The lowest BCUT2D eigenvalue weighted by molar-refractivity contribution is -0.0244. The van der Waals surface area contributed by atoms with Crippen molar-refractivity contribution in [3.63, 3.8) is 0 Å². The number of nitrogens with zero attached hydrogens (tertiary/aromatic N) is 5. The van der Waals surface area contributed by atoms with Crippen molar-refractivity contribution in [2.24, 2.45) is 5.92 Å². The van der Waals surface area contributed by atoms with E-state index in [1.54, 1.807) is 10.9 Å². The van der Waals surface area contributed by atoms with E-state index in [4.69, 9.17) is 0 Å². The molecule has 6 heteroatoms. The average Bonchev–Trinajstić information content (AvgIpc) is 2.91. The van der Waals surface area contributed by atoms with Gasteiger partial charge in [0.05, 0.1) is 12.1 Å². The lowest BCUT2D eigenvalue weighted by atomic mass is 9.79. The third kappa shape index (κ3) is 2.70. The lowest BCUT2D eigenvalue weighted by Gasteiger charge is -2.34. The number of pyridine rings is 1. The van der Waals surface area contributed by atoms with Crippen LogP contribution in [0.4, 0.5) is 0 Å². The predicted octanol–water partition coefficient (Wildman–Crippen LogP) is 1.68. The molecule has 0 atom stereocenters. The Bertz CT molecular complexity index is 560. The van der Waals surface area contributed by atoms with E-state index < -0.39 is 5.60 Å². The van der Waals surface area contributed by atoms with E-state index >= 15 is 0 Å². The van der Waals surface area contributed by atoms with Crippen LogP contribution in [0.1, 0.15) is 32.6 Å². The first-order valence-electron chi connectivity index (χ1n) is 7.06. The van der Waals surface area contributed by atoms with E-state index in [1.165, 1.54) is 0 Å². The first-order valence-corrected chi connectivity index (χ1v) is 7.06. The summed E-state index contributed by atoms with van der Waals surface area (Å²) in [5, 5.41) is 22.4. The number of hydrogen-bond donors (Lipinski definition) is 1. The van der Waals surface area contributed by atoms with Crippen LogP contribution in [0.5, 0.6) is 0 Å². The molecule has 6 nitrogen and oxygen atoms in total. The Morgan fingerprint density at radius 1 is 1.35 bits per heavy atom. The molecule has 2 aromatic rings. The number of aromatic nitrogens is 5. The second-order valence-electron chi connectivity index (χ2n) is 5.78. The first kappa shape index (κ1) is 13.2. The fraction of sp³-hybridized carbons (Fsp3) is 0.571. The van der Waals surface area contributed by atoms with Crippen molar-refractivity contribution in [1.29, 1.82) is 0 Å². The fourth-order valence-corrected chi connectivity index (χ4v) is 2.73. The molecule has 1 aliphatic carbocycles. The standard InChI is InChI=1S/C14H19N5O/c1-11-5-7-14(20,8-6-11)10-19-13(16-17-18-19)12-4-2-3-9-15-12/h2-4,9,11,20H,5-8,10H2,1H3. The Balaban J connectivity index is 1.81. The van der Waals surface area contributed by atoms with Crippen molar-refractivity contribution in [2.45, 2.75) is 44.8 Å². The highest BCUT2D eigenvalue weighted by Gasteiger charge is 2.33. The van der Waals surface area contributed by atoms with Crippen LogP contribution in [0.3, 0.4) is 0 Å². The maximum Gasteiger partial charge on any atom is 0.200 e. The number of tetrazole rings is 1. The van der Waals surface area contributed by atoms with E-state index in [2.05, 4.69) is 27.4 Å². The zero-order chi connectivity index (χ0) is 14.0. The molecule has 0 radical (unpaired) electrons. The summed E-state index contributed by atoms with van der Waals surface area (Å²) in [6, 6.07) is 5.63. The Kier molecular flexibility index (Phi) is 3.48. The lowest BCUT2D eigenvalue weighted by Crippen LogP contribution is -2.38. The van der Waals surface area contributed by atoms with Gasteiger partial charge in [0.1, 0.15) is 5.69 Å². The van der Waals surface area contributed by atoms with Crippen molar-refractivity contribution in [2.75, 3.05) is 0 Å². The zero-order valence-electron chi connectivity index (χ0n) is 11.6. The highest BCUT2D eigenvalue weighted by molar-refractivity contribution is 5.47. The molecule has 0 unspecified atom stereocenters. The van der Waals surface area contributed by atoms with Crippen molar-refractivity contribution in [3.05, 3.63) is 24.4 Å². The summed E-state index contributed by atoms with van der Waals surface area (Å²) in [7, 11) is 0. The molecule has 20 heavy (non-hydrogen) atoms. The molecule has 0 amide bonds. The van der Waals surface area contributed by atoms with E-state index in [1.807, 2.05) is 18.2 Å². The largest absolute Gasteiger partial charge is 0.388 e. The highest BCUT2D eigenvalue weighted by Crippen LogP contribution is 2.33. The van der Waals surface area contributed by atoms with Crippen LogP contribution in [0.15, 0.2) is 24.4 Å². The van der Waals surface area contributed by atoms with E-state index in [-0.39, 0.29) is 0 Å². The van der Waals surface area contributed by atoms with Gasteiger partial charge in [-0.2, -0.15) is 0 Å². The van der Waals surface area contributed by atoms with Gasteiger partial charge in [0.2, 0.25) is 5.82 Å². The molecule has 2 aromatic heterocycles. The SMILES string of the molecule is CC1CCC(O)(Cn2nnnc2-c2ccccn2)CC1. The van der Waals surface area contributed by atoms with Crippen LogP contribution < -0.4 is 0 Å². The molecule has 0 bridgehead atoms. The molecular weight excluding hydrogens is 254 g/mol. The molecular formula is C14H19N5O. The van der Waals surface area contributed by atoms with Crippen LogP contribution in [-0.4, -0.2) is 35.9 Å². The maximum absolute atomic E-state index is 10.7. The smallest absolute Gasteiger partial charge is 0.200 e. The monoisotopic (exact) mass is 273 g/mol. The molecule has 2 heterocycles. The number of rotatable bonds is 3. The third-order valence-corrected chi connectivity index (χ3v) is 4.07. The summed E-state index contributed by atoms with van der Waals surface area (Å²) in [6.07, 6.45) is 5.42. The normalized spacial score (nSPS) is 26.6. The predicted molar refractivity (Wildman–Crippen MR) is 73.6 cm³/mol. The van der Waals surface area contributed by atoms with Crippen molar-refractivity contribution < 1.29 is 5.11 Å². The molecule has 0 spiro atoms. The molecule has 1 fully saturated rings. The van der Waals surface area contributed by atoms with Gasteiger partial charge in [0, 0.05) is 6.20 Å². The van der Waals surface area contributed by atoms with Crippen LogP contribution in [0.25, 0.3) is 11.5 Å². The molecule has 1 aliphatic rings. The van der Waals surface area contributed by atoms with Crippen LogP contribution >= 0.6 is 0 Å². The minimum absolute atomic E-state index is 0.429. The zero-order valence-corrected chi connectivity index (χ0v) is 11.6. The Morgan fingerprint density at radius 3 is 2.85 bits per heavy atom. The Morgan fingerprint density at radius 2 is 2.15 bits per heavy atom. The quantitative estimate of drug-likeness (QED) is 0.920. The molecule has 3 rings (SSSR count). The van der Waals surface area contributed by atoms with Gasteiger partial charge < -0.3 is 5.11 Å². The molecule has 0 saturated heterocycles. The minimum Gasteiger partial charge on any atom is -0.388 e. The highest BCUT2D eigenvalue weighted by atomic mass is 16.3. The molecule has 0 aliphatic heterocycles. The van der Waals surface area contributed by atoms with Crippen LogP contribution in [-0.2, 0) is 6.54 Å². The van der Waals surface area contributed by atoms with Crippen molar-refractivity contribution >= 4 is 0 Å². The van der Waals surface area contributed by atoms with Gasteiger partial charge in [-0.1, -0.05) is 13.0 Å². The molecule has 1 saturated carbocycles. The minimum atomic E-state index is -0.703. The van der Waals surface area contributed by atoms with Gasteiger partial charge in [0.15, 0.2) is 0 Å². The second kappa shape index (κ2) is 5.28. The molecule has 1 N–H and O–H groups in total. The van der Waals surface area contributed by atoms with E-state index in [0.29, 0.717) is 18.3 Å². The van der Waals surface area contributed by atoms with E-state index in [9.17, 15) is 5.11 Å². The molecule has 106 valence electrons. The fourth-order valence-electron chi connectivity index (χ4n) is 2.73. The van der Waals surface area contributed by atoms with Crippen LogP contribution in [0.2, 0.25) is 0 Å². The topological polar surface area (TPSA) is 76.7 Å². The van der Waals surface area contributed by atoms with Crippen molar-refractivity contribution in [1.82, 2.24) is 25.2 Å². The van der Waals surface area contributed by atoms with Gasteiger partial charge in [-0.25, -0.2) is 4.68 Å². The summed E-state index contributed by atoms with van der Waals surface area (Å²) in [4.78, 5) is 4.26. The van der Waals surface area contributed by atoms with Crippen molar-refractivity contribution in [3.8, 4) is 11.5 Å². The summed E-state index contributed by atoms with van der Waals surface area (Å²) in [5.74, 6) is 1.30. The van der Waals surface area contributed by atoms with Gasteiger partial charge in [-0.05, 0) is 54.2 Å². The average molecular weight is 273 g/mol. The summed E-state index contributed by atoms with van der Waals surface area (Å²) in [5.41, 5.74) is 0.0242. The van der Waals surface area contributed by atoms with E-state index in [0.717, 1.165) is 31.4 Å². The van der Waals surface area contributed by atoms with Gasteiger partial charge >= 0.3 is 0 Å². The Labute approximate surface area is 117 Å². The third-order valence-electron chi connectivity index (χ3n) is 4.07. The summed E-state index contributed by atoms with van der Waals surface area (Å²) < 4.78 is 1.66. The van der Waals surface area contributed by atoms with Gasteiger partial charge in [0.25, 0.3) is 0 Å². The molecule has 0 aromatic carbocycles. The van der Waals surface area contributed by atoms with Crippen LogP contribution in [0, 0.1) is 5.92 Å². The van der Waals surface area contributed by atoms with Gasteiger partial charge in [-0.15, -0.1) is 5.10 Å². The second-order valence-corrected chi connectivity index (χ2v) is 5.78. The van der Waals surface area contributed by atoms with Gasteiger partial charge in [-0.3, -0.25) is 4.98 Å². The maximum atomic E-state index is 10.7. The number of aliphatic hydroxyl groups is 1. The number of hydrogen-bond acceptors (Lipinski definition) is 5. The summed E-state index contributed by atoms with van der Waals surface area (Å²) in [6.45, 7) is 2.66. The summed E-state index contributed by atoms with van der Waals surface area (Å²) >= 11 is 0. The Hall–Kier alpha value is -1.82. The first-order chi connectivity index (χ1) is 9.66.